The second-order valence-corrected chi connectivity index (χ2v) is 8.21. The minimum atomic E-state index is 0.315. The molecule has 140 valence electrons. The van der Waals surface area contributed by atoms with E-state index in [9.17, 15) is 5.11 Å². The number of hydrogen-bond donors (Lipinski definition) is 1. The molecule has 0 saturated heterocycles. The molecule has 0 amide bonds. The van der Waals surface area contributed by atoms with Gasteiger partial charge in [-0.2, -0.15) is 0 Å². The Balaban J connectivity index is 1.64. The summed E-state index contributed by atoms with van der Waals surface area (Å²) in [6.07, 6.45) is 8.49. The number of allylic oxidation sites excluding steroid dienone is 1. The second-order valence-electron chi connectivity index (χ2n) is 7.20. The zero-order valence-corrected chi connectivity index (χ0v) is 16.3. The standard InChI is InChI=1S/C23H21N3OS/c27-22-21(14-16-15-24-20-13-7-6-12-19(16)20)28-23(25-17-8-2-1-3-9-17)26(22)18-10-4-5-11-18/h1-3,6-9,12-15,18,27H,4-5,10-11H2. The molecule has 5 rings (SSSR count). The van der Waals surface area contributed by atoms with Gasteiger partial charge in [0.1, 0.15) is 0 Å². The lowest BCUT2D eigenvalue weighted by molar-refractivity contribution is 0.375. The van der Waals surface area contributed by atoms with Crippen LogP contribution in [0.2, 0.25) is 0 Å². The molecule has 1 aliphatic carbocycles. The molecule has 0 spiro atoms. The molecule has 0 atom stereocenters. The minimum absolute atomic E-state index is 0.315. The van der Waals surface area contributed by atoms with Crippen molar-refractivity contribution in [2.75, 3.05) is 0 Å². The molecule has 1 N–H and O–H groups in total. The summed E-state index contributed by atoms with van der Waals surface area (Å²) in [5, 5.41) is 11.1. The maximum atomic E-state index is 11.1. The van der Waals surface area contributed by atoms with Crippen LogP contribution in [0.1, 0.15) is 42.2 Å². The first-order valence-electron chi connectivity index (χ1n) is 9.69. The van der Waals surface area contributed by atoms with Crippen molar-refractivity contribution < 1.29 is 5.11 Å². The van der Waals surface area contributed by atoms with E-state index in [2.05, 4.69) is 11.1 Å². The zero-order valence-electron chi connectivity index (χ0n) is 15.5. The summed E-state index contributed by atoms with van der Waals surface area (Å²) in [4.78, 5) is 11.0. The average Bonchev–Trinajstić information content (AvgIpc) is 3.44. The van der Waals surface area contributed by atoms with Crippen molar-refractivity contribution in [1.82, 2.24) is 4.57 Å². The highest BCUT2D eigenvalue weighted by molar-refractivity contribution is 7.10. The fourth-order valence-corrected chi connectivity index (χ4v) is 5.03. The highest BCUT2D eigenvalue weighted by Gasteiger charge is 2.23. The Bertz CT molecular complexity index is 1130. The summed E-state index contributed by atoms with van der Waals surface area (Å²) in [5.74, 6) is 0.317. The Kier molecular flexibility index (Phi) is 4.45. The molecule has 0 unspecified atom stereocenters. The zero-order chi connectivity index (χ0) is 18.9. The predicted molar refractivity (Wildman–Crippen MR) is 116 cm³/mol. The van der Waals surface area contributed by atoms with Gasteiger partial charge < -0.3 is 5.11 Å². The maximum absolute atomic E-state index is 11.1. The molecule has 4 nitrogen and oxygen atoms in total. The van der Waals surface area contributed by atoms with Crippen LogP contribution in [0, 0.1) is 0 Å². The third-order valence-corrected chi connectivity index (χ3v) is 6.36. The summed E-state index contributed by atoms with van der Waals surface area (Å²) in [6, 6.07) is 18.4. The SMILES string of the molecule is Oc1c(C=C2C=Nc3ccccc32)sc(=Nc2ccccc2)n1C1CCCC1. The molecule has 28 heavy (non-hydrogen) atoms. The van der Waals surface area contributed by atoms with Gasteiger partial charge in [0.05, 0.1) is 16.3 Å². The van der Waals surface area contributed by atoms with E-state index in [4.69, 9.17) is 4.99 Å². The van der Waals surface area contributed by atoms with Gasteiger partial charge in [0.25, 0.3) is 0 Å². The number of rotatable bonds is 3. The van der Waals surface area contributed by atoms with E-state index >= 15 is 0 Å². The third kappa shape index (κ3) is 3.12. The number of hydrogen-bond acceptors (Lipinski definition) is 4. The van der Waals surface area contributed by atoms with Crippen molar-refractivity contribution in [3.63, 3.8) is 0 Å². The molecule has 2 aliphatic rings. The number of aromatic nitrogens is 1. The van der Waals surface area contributed by atoms with Gasteiger partial charge in [-0.15, -0.1) is 0 Å². The van der Waals surface area contributed by atoms with Crippen molar-refractivity contribution >= 4 is 40.6 Å². The summed E-state index contributed by atoms with van der Waals surface area (Å²) < 4.78 is 2.04. The molecule has 0 bridgehead atoms. The van der Waals surface area contributed by atoms with Gasteiger partial charge in [-0.1, -0.05) is 60.6 Å². The van der Waals surface area contributed by atoms with Gasteiger partial charge >= 0.3 is 0 Å². The van der Waals surface area contributed by atoms with E-state index in [0.717, 1.165) is 45.0 Å². The highest BCUT2D eigenvalue weighted by Crippen LogP contribution is 2.37. The number of benzene rings is 2. The first kappa shape index (κ1) is 17.2. The molecule has 0 radical (unpaired) electrons. The van der Waals surface area contributed by atoms with Crippen molar-refractivity contribution in [3.05, 3.63) is 69.8 Å². The van der Waals surface area contributed by atoms with Crippen LogP contribution >= 0.6 is 11.3 Å². The fourth-order valence-electron chi connectivity index (χ4n) is 3.97. The van der Waals surface area contributed by atoms with Crippen LogP contribution in [0.4, 0.5) is 11.4 Å². The topological polar surface area (TPSA) is 49.9 Å². The molecule has 1 fully saturated rings. The number of aliphatic imine (C=N–C) groups is 1. The Morgan fingerprint density at radius 1 is 1.04 bits per heavy atom. The van der Waals surface area contributed by atoms with Gasteiger partial charge in [-0.3, -0.25) is 9.56 Å². The first-order valence-corrected chi connectivity index (χ1v) is 10.5. The van der Waals surface area contributed by atoms with E-state index in [1.165, 1.54) is 24.2 Å². The molecular formula is C23H21N3OS. The number of aromatic hydroxyl groups is 1. The molecule has 1 saturated carbocycles. The Morgan fingerprint density at radius 2 is 1.79 bits per heavy atom. The molecule has 1 aromatic heterocycles. The highest BCUT2D eigenvalue weighted by atomic mass is 32.1. The largest absolute Gasteiger partial charge is 0.493 e. The van der Waals surface area contributed by atoms with E-state index in [-0.39, 0.29) is 0 Å². The van der Waals surface area contributed by atoms with Gasteiger partial charge in [0, 0.05) is 23.4 Å². The van der Waals surface area contributed by atoms with Crippen LogP contribution in [-0.2, 0) is 0 Å². The van der Waals surface area contributed by atoms with Crippen LogP contribution in [0.15, 0.2) is 64.6 Å². The Labute approximate surface area is 167 Å². The van der Waals surface area contributed by atoms with E-state index in [1.54, 1.807) is 0 Å². The van der Waals surface area contributed by atoms with Gasteiger partial charge in [0.15, 0.2) is 4.80 Å². The van der Waals surface area contributed by atoms with Crippen LogP contribution in [0.5, 0.6) is 5.88 Å². The van der Waals surface area contributed by atoms with Crippen LogP contribution in [0.3, 0.4) is 0 Å². The number of para-hydroxylation sites is 2. The lowest BCUT2D eigenvalue weighted by Crippen LogP contribution is -2.18. The molecule has 5 heteroatoms. The van der Waals surface area contributed by atoms with Crippen LogP contribution in [0.25, 0.3) is 11.6 Å². The van der Waals surface area contributed by atoms with Crippen LogP contribution < -0.4 is 4.80 Å². The molecule has 1 aliphatic heterocycles. The van der Waals surface area contributed by atoms with Gasteiger partial charge in [0.2, 0.25) is 5.88 Å². The quantitative estimate of drug-likeness (QED) is 0.601. The number of fused-ring (bicyclic) bond motifs is 1. The fraction of sp³-hybridized carbons (Fsp3) is 0.217. The van der Waals surface area contributed by atoms with Crippen molar-refractivity contribution in [2.24, 2.45) is 9.98 Å². The van der Waals surface area contributed by atoms with Crippen molar-refractivity contribution in [2.45, 2.75) is 31.7 Å². The monoisotopic (exact) mass is 387 g/mol. The first-order chi connectivity index (χ1) is 13.8. The smallest absolute Gasteiger partial charge is 0.211 e. The minimum Gasteiger partial charge on any atom is -0.493 e. The summed E-state index contributed by atoms with van der Waals surface area (Å²) in [5.41, 5.74) is 4.01. The third-order valence-electron chi connectivity index (χ3n) is 5.37. The molecular weight excluding hydrogens is 366 g/mol. The Hall–Kier alpha value is -2.92. The Morgan fingerprint density at radius 3 is 2.61 bits per heavy atom. The van der Waals surface area contributed by atoms with E-state index in [1.807, 2.05) is 65.4 Å². The van der Waals surface area contributed by atoms with E-state index < -0.39 is 0 Å². The average molecular weight is 388 g/mol. The molecule has 2 heterocycles. The van der Waals surface area contributed by atoms with Gasteiger partial charge in [-0.05, 0) is 37.1 Å². The van der Waals surface area contributed by atoms with E-state index in [0.29, 0.717) is 11.9 Å². The summed E-state index contributed by atoms with van der Waals surface area (Å²) in [6.45, 7) is 0. The number of nitrogens with zero attached hydrogens (tertiary/aromatic N) is 3. The second kappa shape index (κ2) is 7.24. The number of thiazole rings is 1. The van der Waals surface area contributed by atoms with Crippen molar-refractivity contribution in [3.8, 4) is 5.88 Å². The van der Waals surface area contributed by atoms with Gasteiger partial charge in [-0.25, -0.2) is 4.99 Å². The normalized spacial score (nSPS) is 18.3. The lowest BCUT2D eigenvalue weighted by atomic mass is 10.1. The maximum Gasteiger partial charge on any atom is 0.211 e. The lowest BCUT2D eigenvalue weighted by Gasteiger charge is -2.12. The molecule has 2 aromatic carbocycles. The summed E-state index contributed by atoms with van der Waals surface area (Å²) in [7, 11) is 0. The van der Waals surface area contributed by atoms with Crippen LogP contribution in [-0.4, -0.2) is 15.9 Å². The molecule has 3 aromatic rings. The summed E-state index contributed by atoms with van der Waals surface area (Å²) >= 11 is 1.54. The van der Waals surface area contributed by atoms with Crippen molar-refractivity contribution in [1.29, 1.82) is 0 Å². The predicted octanol–water partition coefficient (Wildman–Crippen LogP) is 5.86.